The first-order valence-electron chi connectivity index (χ1n) is 25.1. The number of nitrogens with two attached hydrogens (primary N) is 3. The Morgan fingerprint density at radius 2 is 1.00 bits per heavy atom. The molecule has 4 heterocycles. The molecular weight excluding hydrogens is 1140 g/mol. The summed E-state index contributed by atoms with van der Waals surface area (Å²) in [5.41, 5.74) is 20.2. The van der Waals surface area contributed by atoms with Crippen molar-refractivity contribution in [3.63, 3.8) is 0 Å². The maximum Gasteiger partial charge on any atom is 0.353 e. The Labute approximate surface area is 491 Å². The number of alkyl halides is 5. The van der Waals surface area contributed by atoms with Crippen LogP contribution >= 0.6 is 58.0 Å². The van der Waals surface area contributed by atoms with Crippen LogP contribution in [-0.2, 0) is 18.4 Å². The zero-order valence-corrected chi connectivity index (χ0v) is 51.1. The molecule has 422 valence electrons. The number of aliphatic imine (C=N–C) groups is 1. The number of carbonyl (C=O) groups is 2. The number of amides is 1. The fourth-order valence-electron chi connectivity index (χ4n) is 9.98. The first-order valence-corrected chi connectivity index (χ1v) is 31.2. The average molecular weight is 1210 g/mol. The number of rotatable bonds is 14. The topological polar surface area (TPSA) is 226 Å². The summed E-state index contributed by atoms with van der Waals surface area (Å²) in [6.07, 6.45) is 3.70. The van der Waals surface area contributed by atoms with Crippen LogP contribution in [0.2, 0.25) is 10.1 Å². The quantitative estimate of drug-likeness (QED) is 0.0563. The van der Waals surface area contributed by atoms with Gasteiger partial charge in [0, 0.05) is 12.2 Å². The molecule has 2 aliphatic rings. The predicted molar refractivity (Wildman–Crippen MR) is 326 cm³/mol. The van der Waals surface area contributed by atoms with Gasteiger partial charge in [-0.15, -0.1) is 23.2 Å². The number of aliphatic carboxylic acids is 1. The lowest BCUT2D eigenvalue weighted by Gasteiger charge is -2.44. The third kappa shape index (κ3) is 15.7. The fourth-order valence-corrected chi connectivity index (χ4v) is 19.3. The van der Waals surface area contributed by atoms with E-state index in [1.54, 1.807) is 10.8 Å². The van der Waals surface area contributed by atoms with Crippen molar-refractivity contribution < 1.29 is 28.5 Å². The molecule has 8 rings (SSSR count). The molecule has 0 spiro atoms. The summed E-state index contributed by atoms with van der Waals surface area (Å²) in [6, 6.07) is 48.5. The molecule has 15 nitrogen and oxygen atoms in total. The third-order valence-corrected chi connectivity index (χ3v) is 23.6. The van der Waals surface area contributed by atoms with E-state index in [1.165, 1.54) is 10.4 Å². The molecule has 1 amide bonds. The molecule has 2 aromatic heterocycles. The van der Waals surface area contributed by atoms with Gasteiger partial charge in [0.05, 0.1) is 48.1 Å². The van der Waals surface area contributed by atoms with E-state index in [0.29, 0.717) is 18.4 Å². The number of benzene rings is 4. The SMILES string of the molecule is C=C(N)N[C@@H]1c2cccn2C(N)=[NH+][C@H]1CO[Si](c1ccccc1)(c1ccccc1)C(C)(C)C.C=C(N)N[C@@H]1c2cccn2C(NC(=O)C(Cl)(Cl)Cl)=N[C@H]1CO[Si](c1ccccc1)(c1ccccc1)C(C)(C)C.CC(=O)[O-].ClCCl. The van der Waals surface area contributed by atoms with Gasteiger partial charge in [0.25, 0.3) is 26.3 Å². The van der Waals surface area contributed by atoms with Crippen LogP contribution in [0.25, 0.3) is 0 Å². The number of hydrogen-bond acceptors (Lipinski definition) is 11. The highest BCUT2D eigenvalue weighted by molar-refractivity contribution is 7.00. The zero-order valence-electron chi connectivity index (χ0n) is 45.4. The lowest BCUT2D eigenvalue weighted by Crippen LogP contribution is -2.88. The molecule has 0 radical (unpaired) electrons. The Hall–Kier alpha value is -6.00. The van der Waals surface area contributed by atoms with Crippen LogP contribution in [0.15, 0.2) is 188 Å². The summed E-state index contributed by atoms with van der Waals surface area (Å²) in [4.78, 5) is 29.8. The molecule has 6 aromatic rings. The monoisotopic (exact) mass is 1210 g/mol. The van der Waals surface area contributed by atoms with Crippen molar-refractivity contribution in [2.24, 2.45) is 22.2 Å². The molecular formula is C57H71Cl5N10O5Si2. The van der Waals surface area contributed by atoms with Crippen LogP contribution in [0.4, 0.5) is 0 Å². The first-order chi connectivity index (χ1) is 37.2. The summed E-state index contributed by atoms with van der Waals surface area (Å²) in [6.45, 7) is 22.8. The van der Waals surface area contributed by atoms with E-state index in [1.807, 2.05) is 71.4 Å². The van der Waals surface area contributed by atoms with Crippen molar-refractivity contribution in [3.8, 4) is 0 Å². The van der Waals surface area contributed by atoms with Crippen LogP contribution < -0.4 is 64.0 Å². The third-order valence-electron chi connectivity index (χ3n) is 13.0. The second-order valence-electron chi connectivity index (χ2n) is 20.5. The predicted octanol–water partition coefficient (Wildman–Crippen LogP) is 5.13. The van der Waals surface area contributed by atoms with Gasteiger partial charge < -0.3 is 40.9 Å². The van der Waals surface area contributed by atoms with Crippen molar-refractivity contribution >= 4 is 119 Å². The summed E-state index contributed by atoms with van der Waals surface area (Å²) in [7, 11) is -5.55. The highest BCUT2D eigenvalue weighted by Gasteiger charge is 2.53. The number of aromatic nitrogens is 2. The maximum absolute atomic E-state index is 12.6. The van der Waals surface area contributed by atoms with Crippen molar-refractivity contribution in [1.29, 1.82) is 0 Å². The van der Waals surface area contributed by atoms with Gasteiger partial charge in [0.1, 0.15) is 23.8 Å². The van der Waals surface area contributed by atoms with Crippen LogP contribution in [-0.4, -0.2) is 84.0 Å². The van der Waals surface area contributed by atoms with Crippen molar-refractivity contribution in [1.82, 2.24) is 25.1 Å². The Kier molecular flexibility index (Phi) is 22.6. The number of carboxylic acid groups (broad SMARTS) is 1. The highest BCUT2D eigenvalue weighted by Crippen LogP contribution is 2.39. The zero-order chi connectivity index (χ0) is 58.3. The number of carbonyl (C=O) groups excluding carboxylic acids is 2. The van der Waals surface area contributed by atoms with E-state index in [2.05, 4.69) is 161 Å². The maximum atomic E-state index is 12.6. The minimum Gasteiger partial charge on any atom is -0.550 e. The van der Waals surface area contributed by atoms with Crippen LogP contribution in [0.5, 0.6) is 0 Å². The molecule has 0 aliphatic carbocycles. The molecule has 0 unspecified atom stereocenters. The van der Waals surface area contributed by atoms with Crippen molar-refractivity contribution in [3.05, 3.63) is 194 Å². The summed E-state index contributed by atoms with van der Waals surface area (Å²) < 4.78 is 15.8. The molecule has 0 saturated carbocycles. The van der Waals surface area contributed by atoms with Crippen LogP contribution in [0, 0.1) is 0 Å². The molecule has 4 atom stereocenters. The number of nitrogen functional groups attached to an aromatic ring is 1. The smallest absolute Gasteiger partial charge is 0.353 e. The van der Waals surface area contributed by atoms with Gasteiger partial charge in [-0.3, -0.25) is 25.4 Å². The summed E-state index contributed by atoms with van der Waals surface area (Å²) >= 11 is 27.0. The molecule has 79 heavy (non-hydrogen) atoms. The second-order valence-corrected chi connectivity index (χ2v) is 32.3. The van der Waals surface area contributed by atoms with Gasteiger partial charge in [-0.05, 0) is 62.0 Å². The lowest BCUT2D eigenvalue weighted by molar-refractivity contribution is -0.518. The molecule has 0 bridgehead atoms. The molecule has 0 saturated heterocycles. The number of nitrogens with zero attached hydrogens (tertiary/aromatic N) is 3. The molecule has 22 heteroatoms. The van der Waals surface area contributed by atoms with Crippen molar-refractivity contribution in [2.75, 3.05) is 18.6 Å². The number of nitrogens with one attached hydrogen (secondary N) is 4. The Morgan fingerprint density at radius 1 is 0.646 bits per heavy atom. The first kappa shape index (κ1) is 63.8. The molecule has 2 aliphatic heterocycles. The molecule has 10 N–H and O–H groups in total. The molecule has 0 fully saturated rings. The minimum absolute atomic E-state index is 0.111. The minimum atomic E-state index is -2.87. The Morgan fingerprint density at radius 3 is 1.37 bits per heavy atom. The lowest BCUT2D eigenvalue weighted by atomic mass is 10.0. The van der Waals surface area contributed by atoms with E-state index in [4.69, 9.17) is 99.0 Å². The molecule has 4 aromatic carbocycles. The summed E-state index contributed by atoms with van der Waals surface area (Å²) in [5.74, 6) is -0.403. The number of fused-ring (bicyclic) bond motifs is 2. The standard InChI is InChI=1S/C28H32Cl3N5O2Si.C26H33N5OSi.C2H4O2.CH2Cl2/c1-19(32)33-24-22(34-26(35-25(37)28(29,30)31)36-17-11-16-23(24)36)18-38-39(27(2,3)4,20-12-7-5-8-13-20)21-14-9-6-10-15-21;1-19(27)29-24-22(30-25(28)31-17-11-16-23(24)31)18-32-33(26(2,3)4,20-12-7-5-8-13-20)21-14-9-6-10-15-21;1-2(3)4;2-1-3/h5-17,22,24,33H,1,18,32H2,2-4H3,(H,34,35,37);5-17,22,24,29H,1,18,27H2,2-4H3,(H2,28,30);1H3,(H,3,4);1H2/t2*22-,24-;;/m00../s1. The van der Waals surface area contributed by atoms with E-state index in [9.17, 15) is 4.79 Å². The van der Waals surface area contributed by atoms with E-state index in [0.717, 1.165) is 28.7 Å². The normalized spacial score (nSPS) is 16.9. The summed E-state index contributed by atoms with van der Waals surface area (Å²) in [5, 5.41) is 22.7. The van der Waals surface area contributed by atoms with E-state index >= 15 is 0 Å². The van der Waals surface area contributed by atoms with Crippen LogP contribution in [0.1, 0.15) is 71.9 Å². The van der Waals surface area contributed by atoms with Gasteiger partial charge in [-0.2, -0.15) is 0 Å². The van der Waals surface area contributed by atoms with E-state index in [-0.39, 0.29) is 51.9 Å². The Bertz CT molecular complexity index is 2940. The van der Waals surface area contributed by atoms with E-state index < -0.39 is 38.3 Å². The van der Waals surface area contributed by atoms with Gasteiger partial charge in [-0.25, -0.2) is 9.56 Å². The van der Waals surface area contributed by atoms with Gasteiger partial charge in [0.15, 0.2) is 0 Å². The fraction of sp³-hybridized carbons (Fsp3) is 0.298. The number of carboxylic acids is 1. The Balaban J connectivity index is 0.000000263. The number of hydrogen-bond donors (Lipinski definition) is 7. The average Bonchev–Trinajstić information content (AvgIpc) is 4.13. The highest BCUT2D eigenvalue weighted by atomic mass is 35.6. The largest absolute Gasteiger partial charge is 0.550 e. The van der Waals surface area contributed by atoms with Crippen molar-refractivity contribution in [2.45, 2.75) is 86.5 Å². The number of halogens is 5. The second kappa shape index (κ2) is 27.9. The van der Waals surface area contributed by atoms with Gasteiger partial charge >= 0.3 is 5.96 Å². The van der Waals surface area contributed by atoms with Crippen LogP contribution in [0.3, 0.4) is 0 Å². The van der Waals surface area contributed by atoms with Gasteiger partial charge in [0.2, 0.25) is 5.96 Å². The van der Waals surface area contributed by atoms with Gasteiger partial charge in [-0.1, -0.05) is 211 Å².